The third-order valence-corrected chi connectivity index (χ3v) is 3.84. The summed E-state index contributed by atoms with van der Waals surface area (Å²) in [4.78, 5) is 11.9. The zero-order valence-electron chi connectivity index (χ0n) is 13.8. The summed E-state index contributed by atoms with van der Waals surface area (Å²) >= 11 is 0. The van der Waals surface area contributed by atoms with E-state index in [1.807, 2.05) is 54.6 Å². The van der Waals surface area contributed by atoms with Gasteiger partial charge in [-0.2, -0.15) is 5.26 Å². The minimum atomic E-state index is -0.940. The second-order valence-electron chi connectivity index (χ2n) is 5.86. The van der Waals surface area contributed by atoms with Crippen LogP contribution in [-0.2, 0) is 11.2 Å². The fraction of sp³-hybridized carbons (Fsp3) is 0.263. The topological polar surface area (TPSA) is 88.1 Å². The second-order valence-corrected chi connectivity index (χ2v) is 5.86. The molecule has 0 aliphatic rings. The number of nitrogens with zero attached hydrogens (tertiary/aromatic N) is 1. The van der Waals surface area contributed by atoms with E-state index in [9.17, 15) is 10.1 Å². The molecule has 0 bridgehead atoms. The molecule has 0 aliphatic heterocycles. The molecule has 1 amide bonds. The van der Waals surface area contributed by atoms with E-state index < -0.39 is 17.5 Å². The van der Waals surface area contributed by atoms with Gasteiger partial charge in [-0.3, -0.25) is 10.1 Å². The maximum atomic E-state index is 11.9. The van der Waals surface area contributed by atoms with Crippen molar-refractivity contribution >= 4 is 5.91 Å². The van der Waals surface area contributed by atoms with Crippen molar-refractivity contribution in [1.29, 1.82) is 5.26 Å². The van der Waals surface area contributed by atoms with Crippen molar-refractivity contribution in [3.63, 3.8) is 0 Å². The van der Waals surface area contributed by atoms with Gasteiger partial charge in [-0.25, -0.2) is 0 Å². The fourth-order valence-corrected chi connectivity index (χ4v) is 2.56. The number of rotatable bonds is 7. The molecule has 0 aromatic heterocycles. The number of primary amides is 1. The van der Waals surface area contributed by atoms with Crippen LogP contribution in [0.4, 0.5) is 0 Å². The number of nitrogens with two attached hydrogens (primary N) is 1. The first-order chi connectivity index (χ1) is 11.5. The molecule has 0 aliphatic carbocycles. The molecular formula is C19H21N3O2. The minimum Gasteiger partial charge on any atom is -0.497 e. The highest BCUT2D eigenvalue weighted by molar-refractivity contribution is 5.81. The van der Waals surface area contributed by atoms with E-state index in [-0.39, 0.29) is 0 Å². The maximum Gasteiger partial charge on any atom is 0.239 e. The van der Waals surface area contributed by atoms with Gasteiger partial charge in [0.2, 0.25) is 5.91 Å². The average Bonchev–Trinajstić information content (AvgIpc) is 2.61. The van der Waals surface area contributed by atoms with Crippen LogP contribution in [-0.4, -0.2) is 18.6 Å². The van der Waals surface area contributed by atoms with E-state index in [2.05, 4.69) is 11.4 Å². The summed E-state index contributed by atoms with van der Waals surface area (Å²) in [6.07, 6.45) is 0.435. The molecule has 3 N–H and O–H groups in total. The summed E-state index contributed by atoms with van der Waals surface area (Å²) in [7, 11) is 1.60. The lowest BCUT2D eigenvalue weighted by Gasteiger charge is -2.28. The van der Waals surface area contributed by atoms with E-state index >= 15 is 0 Å². The predicted molar refractivity (Wildman–Crippen MR) is 92.2 cm³/mol. The summed E-state index contributed by atoms with van der Waals surface area (Å²) in [5, 5.41) is 12.7. The Kier molecular flexibility index (Phi) is 5.56. The van der Waals surface area contributed by atoms with Crippen LogP contribution < -0.4 is 15.8 Å². The highest BCUT2D eigenvalue weighted by atomic mass is 16.5. The van der Waals surface area contributed by atoms with Crippen molar-refractivity contribution in [1.82, 2.24) is 5.32 Å². The normalized spacial score (nSPS) is 14.2. The molecule has 5 heteroatoms. The summed E-state index contributed by atoms with van der Waals surface area (Å²) in [6.45, 7) is 1.76. The molecule has 1 unspecified atom stereocenters. The van der Waals surface area contributed by atoms with Gasteiger partial charge in [0.05, 0.1) is 13.2 Å². The van der Waals surface area contributed by atoms with Gasteiger partial charge in [0.1, 0.15) is 17.3 Å². The SMILES string of the molecule is COc1ccc(C[C@](C)(C#N)NC(C(N)=O)c2ccccc2)cc1. The Balaban J connectivity index is 2.21. The molecule has 5 nitrogen and oxygen atoms in total. The number of hydrogen-bond acceptors (Lipinski definition) is 4. The number of nitrogens with one attached hydrogen (secondary N) is 1. The molecule has 0 saturated carbocycles. The quantitative estimate of drug-likeness (QED) is 0.818. The second kappa shape index (κ2) is 7.62. The number of benzene rings is 2. The molecule has 0 saturated heterocycles. The summed E-state index contributed by atoms with van der Waals surface area (Å²) in [5.41, 5.74) is 6.29. The van der Waals surface area contributed by atoms with Crippen molar-refractivity contribution < 1.29 is 9.53 Å². The molecule has 0 spiro atoms. The molecule has 24 heavy (non-hydrogen) atoms. The molecule has 0 fully saturated rings. The highest BCUT2D eigenvalue weighted by Gasteiger charge is 2.30. The van der Waals surface area contributed by atoms with Gasteiger partial charge in [-0.1, -0.05) is 42.5 Å². The molecule has 2 aromatic carbocycles. The highest BCUT2D eigenvalue weighted by Crippen LogP contribution is 2.21. The Hall–Kier alpha value is -2.84. The number of carbonyl (C=O) groups is 1. The first-order valence-electron chi connectivity index (χ1n) is 7.63. The van der Waals surface area contributed by atoms with Gasteiger partial charge in [0.15, 0.2) is 0 Å². The Labute approximate surface area is 142 Å². The van der Waals surface area contributed by atoms with E-state index in [4.69, 9.17) is 10.5 Å². The van der Waals surface area contributed by atoms with Crippen LogP contribution in [0.15, 0.2) is 54.6 Å². The summed E-state index contributed by atoms with van der Waals surface area (Å²) in [5.74, 6) is 0.238. The van der Waals surface area contributed by atoms with Crippen LogP contribution in [0.3, 0.4) is 0 Å². The summed E-state index contributed by atoms with van der Waals surface area (Å²) in [6, 6.07) is 18.2. The maximum absolute atomic E-state index is 11.9. The van der Waals surface area contributed by atoms with E-state index in [1.54, 1.807) is 14.0 Å². The van der Waals surface area contributed by atoms with Crippen molar-refractivity contribution in [3.8, 4) is 11.8 Å². The smallest absolute Gasteiger partial charge is 0.239 e. The fourth-order valence-electron chi connectivity index (χ4n) is 2.56. The third kappa shape index (κ3) is 4.34. The minimum absolute atomic E-state index is 0.435. The van der Waals surface area contributed by atoms with Crippen LogP contribution >= 0.6 is 0 Å². The molecule has 0 heterocycles. The van der Waals surface area contributed by atoms with E-state index in [1.165, 1.54) is 0 Å². The number of carbonyl (C=O) groups excluding carboxylic acids is 1. The third-order valence-electron chi connectivity index (χ3n) is 3.84. The van der Waals surface area contributed by atoms with Crippen LogP contribution in [0, 0.1) is 11.3 Å². The molecule has 124 valence electrons. The molecule has 2 aromatic rings. The van der Waals surface area contributed by atoms with Crippen molar-refractivity contribution in [2.45, 2.75) is 24.9 Å². The zero-order chi connectivity index (χ0) is 17.6. The zero-order valence-corrected chi connectivity index (χ0v) is 13.8. The molecule has 0 radical (unpaired) electrons. The molecule has 2 rings (SSSR count). The van der Waals surface area contributed by atoms with Gasteiger partial charge in [0.25, 0.3) is 0 Å². The van der Waals surface area contributed by atoms with Crippen LogP contribution in [0.5, 0.6) is 5.75 Å². The van der Waals surface area contributed by atoms with E-state index in [0.29, 0.717) is 6.42 Å². The van der Waals surface area contributed by atoms with Crippen LogP contribution in [0.25, 0.3) is 0 Å². The van der Waals surface area contributed by atoms with Gasteiger partial charge in [0, 0.05) is 6.42 Å². The number of hydrogen-bond donors (Lipinski definition) is 2. The van der Waals surface area contributed by atoms with Crippen LogP contribution in [0.2, 0.25) is 0 Å². The van der Waals surface area contributed by atoms with Gasteiger partial charge < -0.3 is 10.5 Å². The van der Waals surface area contributed by atoms with Crippen molar-refractivity contribution in [2.75, 3.05) is 7.11 Å². The molecular weight excluding hydrogens is 302 g/mol. The number of methoxy groups -OCH3 is 1. The lowest BCUT2D eigenvalue weighted by Crippen LogP contribution is -2.48. The Morgan fingerprint density at radius 1 is 1.25 bits per heavy atom. The lowest BCUT2D eigenvalue weighted by atomic mass is 9.92. The average molecular weight is 323 g/mol. The van der Waals surface area contributed by atoms with E-state index in [0.717, 1.165) is 16.9 Å². The van der Waals surface area contributed by atoms with Gasteiger partial charge in [-0.15, -0.1) is 0 Å². The Morgan fingerprint density at radius 2 is 1.88 bits per heavy atom. The lowest BCUT2D eigenvalue weighted by molar-refractivity contribution is -0.120. The molecule has 2 atom stereocenters. The Bertz CT molecular complexity index is 723. The van der Waals surface area contributed by atoms with Crippen LogP contribution in [0.1, 0.15) is 24.1 Å². The standard InChI is InChI=1S/C19H21N3O2/c1-19(13-20,12-14-8-10-16(24-2)11-9-14)22-17(18(21)23)15-6-4-3-5-7-15/h3-11,17,22H,12H2,1-2H3,(H2,21,23)/t17?,19-/m1/s1. The van der Waals surface area contributed by atoms with Gasteiger partial charge >= 0.3 is 0 Å². The monoisotopic (exact) mass is 323 g/mol. The Morgan fingerprint density at radius 3 is 2.38 bits per heavy atom. The first kappa shape index (κ1) is 17.5. The number of ether oxygens (including phenoxy) is 1. The number of nitriles is 1. The predicted octanol–water partition coefficient (Wildman–Crippen LogP) is 2.34. The first-order valence-corrected chi connectivity index (χ1v) is 7.63. The largest absolute Gasteiger partial charge is 0.497 e. The van der Waals surface area contributed by atoms with Gasteiger partial charge in [-0.05, 0) is 30.2 Å². The van der Waals surface area contributed by atoms with Crippen molar-refractivity contribution in [3.05, 3.63) is 65.7 Å². The van der Waals surface area contributed by atoms with Crippen molar-refractivity contribution in [2.24, 2.45) is 5.73 Å². The number of amides is 1. The summed E-state index contributed by atoms with van der Waals surface area (Å²) < 4.78 is 5.14.